The Morgan fingerprint density at radius 3 is 2.53 bits per heavy atom. The van der Waals surface area contributed by atoms with Gasteiger partial charge in [0.25, 0.3) is 0 Å². The van der Waals surface area contributed by atoms with E-state index in [2.05, 4.69) is 27.6 Å². The predicted octanol–water partition coefficient (Wildman–Crippen LogP) is 3.30. The molecule has 0 heterocycles. The van der Waals surface area contributed by atoms with Gasteiger partial charge in [0.2, 0.25) is 10.0 Å². The molecule has 106 valence electrons. The second-order valence-electron chi connectivity index (χ2n) is 5.22. The third-order valence-corrected chi connectivity index (χ3v) is 5.97. The molecule has 0 amide bonds. The zero-order valence-electron chi connectivity index (χ0n) is 10.9. The third kappa shape index (κ3) is 3.17. The van der Waals surface area contributed by atoms with E-state index in [0.29, 0.717) is 10.4 Å². The van der Waals surface area contributed by atoms with Crippen LogP contribution in [0.4, 0.5) is 4.39 Å². The molecule has 2 rings (SSSR count). The van der Waals surface area contributed by atoms with E-state index in [4.69, 9.17) is 0 Å². The van der Waals surface area contributed by atoms with Crippen molar-refractivity contribution < 1.29 is 12.8 Å². The van der Waals surface area contributed by atoms with E-state index in [1.165, 1.54) is 12.1 Å². The maximum absolute atomic E-state index is 13.7. The average molecular weight is 350 g/mol. The van der Waals surface area contributed by atoms with Gasteiger partial charge in [-0.25, -0.2) is 17.5 Å². The standard InChI is InChI=1S/C13H17BrFNO2S/c1-8-3-5-12(9(8)2)16-19(17,18)13-6-4-10(14)7-11(13)15/h4,6-9,12,16H,3,5H2,1-2H3. The van der Waals surface area contributed by atoms with E-state index in [0.717, 1.165) is 18.9 Å². The second kappa shape index (κ2) is 5.50. The van der Waals surface area contributed by atoms with Crippen LogP contribution in [0, 0.1) is 17.7 Å². The van der Waals surface area contributed by atoms with Gasteiger partial charge in [-0.2, -0.15) is 0 Å². The molecule has 6 heteroatoms. The van der Waals surface area contributed by atoms with Crippen molar-refractivity contribution in [1.29, 1.82) is 0 Å². The lowest BCUT2D eigenvalue weighted by Gasteiger charge is -2.19. The van der Waals surface area contributed by atoms with E-state index in [1.807, 2.05) is 6.92 Å². The number of rotatable bonds is 3. The lowest BCUT2D eigenvalue weighted by molar-refractivity contribution is 0.401. The maximum Gasteiger partial charge on any atom is 0.243 e. The molecule has 0 spiro atoms. The Balaban J connectivity index is 2.23. The lowest BCUT2D eigenvalue weighted by atomic mass is 9.98. The van der Waals surface area contributed by atoms with Crippen molar-refractivity contribution in [2.45, 2.75) is 37.6 Å². The summed E-state index contributed by atoms with van der Waals surface area (Å²) in [5.41, 5.74) is 0. The van der Waals surface area contributed by atoms with Crippen molar-refractivity contribution in [2.75, 3.05) is 0 Å². The molecule has 0 radical (unpaired) electrons. The van der Waals surface area contributed by atoms with E-state index in [9.17, 15) is 12.8 Å². The highest BCUT2D eigenvalue weighted by atomic mass is 79.9. The molecular weight excluding hydrogens is 333 g/mol. The summed E-state index contributed by atoms with van der Waals surface area (Å²) in [5, 5.41) is 0. The highest BCUT2D eigenvalue weighted by molar-refractivity contribution is 9.10. The molecule has 1 N–H and O–H groups in total. The highest BCUT2D eigenvalue weighted by Crippen LogP contribution is 2.32. The van der Waals surface area contributed by atoms with Crippen LogP contribution in [-0.4, -0.2) is 14.5 Å². The summed E-state index contributed by atoms with van der Waals surface area (Å²) in [6.07, 6.45) is 1.80. The quantitative estimate of drug-likeness (QED) is 0.909. The minimum Gasteiger partial charge on any atom is -0.208 e. The first kappa shape index (κ1) is 14.9. The second-order valence-corrected chi connectivity index (χ2v) is 7.81. The molecule has 1 aliphatic carbocycles. The van der Waals surface area contributed by atoms with E-state index >= 15 is 0 Å². The molecule has 3 nitrogen and oxygen atoms in total. The molecule has 0 bridgehead atoms. The van der Waals surface area contributed by atoms with Crippen molar-refractivity contribution in [3.63, 3.8) is 0 Å². The van der Waals surface area contributed by atoms with Crippen LogP contribution in [0.1, 0.15) is 26.7 Å². The van der Waals surface area contributed by atoms with Gasteiger partial charge in [-0.1, -0.05) is 29.8 Å². The van der Waals surface area contributed by atoms with Gasteiger partial charge in [0.1, 0.15) is 10.7 Å². The fourth-order valence-electron chi connectivity index (χ4n) is 2.49. The summed E-state index contributed by atoms with van der Waals surface area (Å²) in [7, 11) is -3.79. The summed E-state index contributed by atoms with van der Waals surface area (Å²) < 4.78 is 41.3. The van der Waals surface area contributed by atoms with Crippen LogP contribution in [0.5, 0.6) is 0 Å². The van der Waals surface area contributed by atoms with Gasteiger partial charge >= 0.3 is 0 Å². The maximum atomic E-state index is 13.7. The van der Waals surface area contributed by atoms with Crippen LogP contribution in [0.25, 0.3) is 0 Å². The summed E-state index contributed by atoms with van der Waals surface area (Å²) in [6.45, 7) is 4.14. The normalized spacial score (nSPS) is 27.7. The van der Waals surface area contributed by atoms with Gasteiger partial charge in [0, 0.05) is 10.5 Å². The summed E-state index contributed by atoms with van der Waals surface area (Å²) in [6, 6.07) is 3.86. The predicted molar refractivity (Wildman–Crippen MR) is 75.8 cm³/mol. The molecular formula is C13H17BrFNO2S. The van der Waals surface area contributed by atoms with Crippen LogP contribution < -0.4 is 4.72 Å². The molecule has 0 aromatic heterocycles. The van der Waals surface area contributed by atoms with Crippen LogP contribution in [-0.2, 0) is 10.0 Å². The van der Waals surface area contributed by atoms with Crippen molar-refractivity contribution in [1.82, 2.24) is 4.72 Å². The molecule has 3 atom stereocenters. The summed E-state index contributed by atoms with van der Waals surface area (Å²) in [4.78, 5) is -0.289. The van der Waals surface area contributed by atoms with Crippen molar-refractivity contribution in [2.24, 2.45) is 11.8 Å². The zero-order chi connectivity index (χ0) is 14.2. The van der Waals surface area contributed by atoms with Crippen molar-refractivity contribution >= 4 is 26.0 Å². The highest BCUT2D eigenvalue weighted by Gasteiger charge is 2.33. The molecule has 1 fully saturated rings. The number of halogens is 2. The molecule has 19 heavy (non-hydrogen) atoms. The monoisotopic (exact) mass is 349 g/mol. The molecule has 1 aromatic carbocycles. The number of nitrogens with one attached hydrogen (secondary N) is 1. The fourth-order valence-corrected chi connectivity index (χ4v) is 4.24. The molecule has 0 aliphatic heterocycles. The first-order chi connectivity index (χ1) is 8.81. The molecule has 3 unspecified atom stereocenters. The summed E-state index contributed by atoms with van der Waals surface area (Å²) in [5.74, 6) is 0.0244. The molecule has 1 aromatic rings. The van der Waals surface area contributed by atoms with Crippen molar-refractivity contribution in [3.05, 3.63) is 28.5 Å². The Hall–Kier alpha value is -0.460. The number of sulfonamides is 1. The Morgan fingerprint density at radius 1 is 1.32 bits per heavy atom. The molecule has 1 saturated carbocycles. The minimum atomic E-state index is -3.79. The van der Waals surface area contributed by atoms with Gasteiger partial charge in [-0.05, 0) is 42.9 Å². The smallest absolute Gasteiger partial charge is 0.208 e. The third-order valence-electron chi connectivity index (χ3n) is 3.96. The van der Waals surface area contributed by atoms with Gasteiger partial charge in [0.05, 0.1) is 0 Å². The van der Waals surface area contributed by atoms with Gasteiger partial charge in [-0.15, -0.1) is 0 Å². The van der Waals surface area contributed by atoms with E-state index < -0.39 is 15.8 Å². The first-order valence-corrected chi connectivity index (χ1v) is 8.56. The van der Waals surface area contributed by atoms with Gasteiger partial charge in [0.15, 0.2) is 0 Å². The minimum absolute atomic E-state index is 0.108. The van der Waals surface area contributed by atoms with Crippen LogP contribution in [0.3, 0.4) is 0 Å². The average Bonchev–Trinajstić information content (AvgIpc) is 2.60. The Bertz CT molecular complexity index is 576. The topological polar surface area (TPSA) is 46.2 Å². The van der Waals surface area contributed by atoms with Gasteiger partial charge in [-0.3, -0.25) is 0 Å². The van der Waals surface area contributed by atoms with Gasteiger partial charge < -0.3 is 0 Å². The van der Waals surface area contributed by atoms with Crippen molar-refractivity contribution in [3.8, 4) is 0 Å². The fraction of sp³-hybridized carbons (Fsp3) is 0.538. The van der Waals surface area contributed by atoms with E-state index in [-0.39, 0.29) is 16.9 Å². The SMILES string of the molecule is CC1CCC(NS(=O)(=O)c2ccc(Br)cc2F)C1C. The largest absolute Gasteiger partial charge is 0.243 e. The Morgan fingerprint density at radius 2 is 2.00 bits per heavy atom. The number of hydrogen-bond donors (Lipinski definition) is 1. The first-order valence-electron chi connectivity index (χ1n) is 6.28. The van der Waals surface area contributed by atoms with Crippen LogP contribution in [0.2, 0.25) is 0 Å². The lowest BCUT2D eigenvalue weighted by Crippen LogP contribution is -2.37. The number of benzene rings is 1. The Kier molecular flexibility index (Phi) is 4.32. The molecule has 0 saturated heterocycles. The van der Waals surface area contributed by atoms with E-state index in [1.54, 1.807) is 0 Å². The number of hydrogen-bond acceptors (Lipinski definition) is 2. The Labute approximate surface area is 121 Å². The van der Waals surface area contributed by atoms with Crippen LogP contribution in [0.15, 0.2) is 27.6 Å². The molecule has 1 aliphatic rings. The van der Waals surface area contributed by atoms with Crippen LogP contribution >= 0.6 is 15.9 Å². The zero-order valence-corrected chi connectivity index (χ0v) is 13.3. The summed E-state index contributed by atoms with van der Waals surface area (Å²) >= 11 is 3.11.